The van der Waals surface area contributed by atoms with E-state index in [1.807, 2.05) is 0 Å². The van der Waals surface area contributed by atoms with Crippen molar-refractivity contribution < 1.29 is 5.11 Å². The van der Waals surface area contributed by atoms with Gasteiger partial charge in [0, 0.05) is 5.41 Å². The fourth-order valence-corrected chi connectivity index (χ4v) is 4.04. The van der Waals surface area contributed by atoms with Gasteiger partial charge in [0.25, 0.3) is 0 Å². The van der Waals surface area contributed by atoms with Crippen LogP contribution in [0.2, 0.25) is 0 Å². The van der Waals surface area contributed by atoms with E-state index in [9.17, 15) is 5.11 Å². The van der Waals surface area contributed by atoms with Crippen LogP contribution in [0.15, 0.2) is 0 Å². The van der Waals surface area contributed by atoms with Gasteiger partial charge in [-0.25, -0.2) is 0 Å². The highest BCUT2D eigenvalue weighted by Crippen LogP contribution is 2.76. The zero-order valence-corrected chi connectivity index (χ0v) is 6.97. The topological polar surface area (TPSA) is 20.2 Å². The van der Waals surface area contributed by atoms with E-state index < -0.39 is 0 Å². The Morgan fingerprint density at radius 3 is 2.55 bits per heavy atom. The van der Waals surface area contributed by atoms with Crippen LogP contribution >= 0.6 is 0 Å². The smallest absolute Gasteiger partial charge is 0.0741 e. The van der Waals surface area contributed by atoms with Crippen LogP contribution in [-0.2, 0) is 0 Å². The van der Waals surface area contributed by atoms with Crippen molar-refractivity contribution in [3.63, 3.8) is 0 Å². The Balaban J connectivity index is 1.96. The van der Waals surface area contributed by atoms with Crippen LogP contribution in [0.25, 0.3) is 0 Å². The Bertz CT molecular complexity index is 201. The second kappa shape index (κ2) is 1.66. The monoisotopic (exact) mass is 152 g/mol. The molecule has 0 aromatic carbocycles. The zero-order chi connectivity index (χ0) is 7.53. The van der Waals surface area contributed by atoms with Crippen molar-refractivity contribution in [2.75, 3.05) is 0 Å². The number of hydrogen-bond acceptors (Lipinski definition) is 1. The summed E-state index contributed by atoms with van der Waals surface area (Å²) in [5, 5.41) is 10.2. The maximum Gasteiger partial charge on any atom is 0.0741 e. The van der Waals surface area contributed by atoms with Crippen LogP contribution in [0.1, 0.15) is 44.9 Å². The second-order valence-electron chi connectivity index (χ2n) is 4.73. The van der Waals surface area contributed by atoms with Crippen molar-refractivity contribution >= 4 is 0 Å². The maximum absolute atomic E-state index is 10.2. The molecule has 3 fully saturated rings. The standard InChI is InChI=1S/C10H16O/c11-10-7-2-1-5-9(10)6-3-4-8(9)10/h8,11H,1-7H2. The van der Waals surface area contributed by atoms with Gasteiger partial charge in [0.05, 0.1) is 5.60 Å². The molecule has 1 N–H and O–H groups in total. The molecule has 1 nitrogen and oxygen atoms in total. The van der Waals surface area contributed by atoms with Crippen LogP contribution < -0.4 is 0 Å². The van der Waals surface area contributed by atoms with Crippen LogP contribution in [0.5, 0.6) is 0 Å². The summed E-state index contributed by atoms with van der Waals surface area (Å²) in [5.74, 6) is 0.720. The molecule has 11 heavy (non-hydrogen) atoms. The molecule has 0 bridgehead atoms. The summed E-state index contributed by atoms with van der Waals surface area (Å²) in [4.78, 5) is 0. The Morgan fingerprint density at radius 2 is 1.73 bits per heavy atom. The lowest BCUT2D eigenvalue weighted by Crippen LogP contribution is -2.25. The van der Waals surface area contributed by atoms with Gasteiger partial charge in [-0.05, 0) is 31.6 Å². The lowest BCUT2D eigenvalue weighted by Gasteiger charge is -2.26. The molecule has 0 aromatic heterocycles. The molecule has 0 heterocycles. The van der Waals surface area contributed by atoms with E-state index in [4.69, 9.17) is 0 Å². The van der Waals surface area contributed by atoms with Gasteiger partial charge in [0.15, 0.2) is 0 Å². The van der Waals surface area contributed by atoms with E-state index in [-0.39, 0.29) is 5.60 Å². The molecule has 3 aliphatic rings. The quantitative estimate of drug-likeness (QED) is 0.563. The molecule has 1 heteroatoms. The molecule has 62 valence electrons. The largest absolute Gasteiger partial charge is 0.389 e. The molecule has 3 saturated carbocycles. The Morgan fingerprint density at radius 1 is 1.00 bits per heavy atom. The van der Waals surface area contributed by atoms with Crippen molar-refractivity contribution in [1.29, 1.82) is 0 Å². The van der Waals surface area contributed by atoms with Crippen LogP contribution in [0.3, 0.4) is 0 Å². The van der Waals surface area contributed by atoms with E-state index in [1.165, 1.54) is 38.5 Å². The van der Waals surface area contributed by atoms with Gasteiger partial charge in [-0.15, -0.1) is 0 Å². The molecule has 3 aliphatic carbocycles. The molecule has 0 saturated heterocycles. The lowest BCUT2D eigenvalue weighted by atomic mass is 9.84. The van der Waals surface area contributed by atoms with Crippen LogP contribution in [-0.4, -0.2) is 10.7 Å². The SMILES string of the molecule is OC12CCCCC13CCCC23. The number of fused-ring (bicyclic) bond motifs is 1. The van der Waals surface area contributed by atoms with E-state index in [0.29, 0.717) is 5.41 Å². The minimum Gasteiger partial charge on any atom is -0.389 e. The molecule has 0 amide bonds. The zero-order valence-electron chi connectivity index (χ0n) is 6.97. The van der Waals surface area contributed by atoms with Crippen LogP contribution in [0, 0.1) is 11.3 Å². The van der Waals surface area contributed by atoms with E-state index in [1.54, 1.807) is 0 Å². The van der Waals surface area contributed by atoms with E-state index in [0.717, 1.165) is 12.3 Å². The summed E-state index contributed by atoms with van der Waals surface area (Å²) in [6.45, 7) is 0. The molecular formula is C10H16O. The molecule has 0 aliphatic heterocycles. The average molecular weight is 152 g/mol. The minimum atomic E-state index is -0.163. The van der Waals surface area contributed by atoms with Gasteiger partial charge in [0.2, 0.25) is 0 Å². The number of hydrogen-bond donors (Lipinski definition) is 1. The molecular weight excluding hydrogens is 136 g/mol. The molecule has 0 aromatic rings. The Labute approximate surface area is 67.8 Å². The van der Waals surface area contributed by atoms with Gasteiger partial charge in [-0.2, -0.15) is 0 Å². The van der Waals surface area contributed by atoms with Gasteiger partial charge in [-0.3, -0.25) is 0 Å². The summed E-state index contributed by atoms with van der Waals surface area (Å²) >= 11 is 0. The highest BCUT2D eigenvalue weighted by Gasteiger charge is 2.76. The first-order valence-corrected chi connectivity index (χ1v) is 5.02. The van der Waals surface area contributed by atoms with E-state index in [2.05, 4.69) is 0 Å². The molecule has 1 spiro atoms. The lowest BCUT2D eigenvalue weighted by molar-refractivity contribution is 0.0478. The first-order chi connectivity index (χ1) is 5.30. The van der Waals surface area contributed by atoms with Crippen molar-refractivity contribution in [2.24, 2.45) is 11.3 Å². The minimum absolute atomic E-state index is 0.163. The average Bonchev–Trinajstić information content (AvgIpc) is 2.41. The third-order valence-electron chi connectivity index (χ3n) is 4.57. The third kappa shape index (κ3) is 0.516. The summed E-state index contributed by atoms with van der Waals surface area (Å²) in [6.07, 6.45) is 9.11. The highest BCUT2D eigenvalue weighted by molar-refractivity contribution is 5.26. The summed E-state index contributed by atoms with van der Waals surface area (Å²) in [5.41, 5.74) is 0.286. The second-order valence-corrected chi connectivity index (χ2v) is 4.73. The third-order valence-corrected chi connectivity index (χ3v) is 4.57. The molecule has 3 rings (SSSR count). The summed E-state index contributed by atoms with van der Waals surface area (Å²) in [7, 11) is 0. The number of rotatable bonds is 0. The first-order valence-electron chi connectivity index (χ1n) is 5.02. The van der Waals surface area contributed by atoms with Crippen LogP contribution in [0.4, 0.5) is 0 Å². The fourth-order valence-electron chi connectivity index (χ4n) is 4.04. The van der Waals surface area contributed by atoms with Gasteiger partial charge < -0.3 is 5.11 Å². The van der Waals surface area contributed by atoms with Crippen molar-refractivity contribution in [1.82, 2.24) is 0 Å². The molecule has 0 radical (unpaired) electrons. The fraction of sp³-hybridized carbons (Fsp3) is 1.00. The van der Waals surface area contributed by atoms with Gasteiger partial charge >= 0.3 is 0 Å². The summed E-state index contributed by atoms with van der Waals surface area (Å²) < 4.78 is 0. The highest BCUT2D eigenvalue weighted by atomic mass is 16.3. The summed E-state index contributed by atoms with van der Waals surface area (Å²) in [6, 6.07) is 0. The molecule has 3 unspecified atom stereocenters. The van der Waals surface area contributed by atoms with Crippen molar-refractivity contribution in [3.05, 3.63) is 0 Å². The predicted octanol–water partition coefficient (Wildman–Crippen LogP) is 2.09. The van der Waals surface area contributed by atoms with Crippen molar-refractivity contribution in [3.8, 4) is 0 Å². The Kier molecular flexibility index (Phi) is 0.976. The maximum atomic E-state index is 10.2. The predicted molar refractivity (Wildman–Crippen MR) is 43.2 cm³/mol. The normalized spacial score (nSPS) is 60.3. The van der Waals surface area contributed by atoms with Crippen molar-refractivity contribution in [2.45, 2.75) is 50.5 Å². The number of aliphatic hydroxyl groups is 1. The van der Waals surface area contributed by atoms with Gasteiger partial charge in [-0.1, -0.05) is 19.3 Å². The first kappa shape index (κ1) is 6.47. The van der Waals surface area contributed by atoms with Gasteiger partial charge in [0.1, 0.15) is 0 Å². The van der Waals surface area contributed by atoms with E-state index >= 15 is 0 Å². The Hall–Kier alpha value is -0.0400. The molecule has 3 atom stereocenters.